The van der Waals surface area contributed by atoms with Gasteiger partial charge in [0.2, 0.25) is 0 Å². The maximum atomic E-state index is 2.79. The Morgan fingerprint density at radius 3 is 1.80 bits per heavy atom. The molecular weight excluding hydrogens is 864 g/mol. The fourth-order valence-electron chi connectivity index (χ4n) is 16.1. The zero-order chi connectivity index (χ0) is 45.7. The van der Waals surface area contributed by atoms with Gasteiger partial charge in [0.15, 0.2) is 0 Å². The van der Waals surface area contributed by atoms with E-state index in [9.17, 15) is 0 Å². The normalized spacial score (nSPS) is 23.3. The molecule has 16 rings (SSSR count). The molecule has 70 heavy (non-hydrogen) atoms. The van der Waals surface area contributed by atoms with E-state index < -0.39 is 0 Å². The van der Waals surface area contributed by atoms with Gasteiger partial charge >= 0.3 is 6.85 Å². The number of benzene rings is 8. The van der Waals surface area contributed by atoms with Crippen LogP contribution in [-0.2, 0) is 10.8 Å². The van der Waals surface area contributed by atoms with Gasteiger partial charge in [0.05, 0.1) is 11.0 Å². The van der Waals surface area contributed by atoms with E-state index in [1.54, 1.807) is 11.1 Å². The monoisotopic (exact) mass is 920 g/mol. The predicted octanol–water partition coefficient (Wildman–Crippen LogP) is 16.9. The molecule has 0 unspecified atom stereocenters. The van der Waals surface area contributed by atoms with Crippen LogP contribution in [0.15, 0.2) is 164 Å². The molecule has 4 heteroatoms. The average Bonchev–Trinajstić information content (AvgIpc) is 3.95. The van der Waals surface area contributed by atoms with Crippen molar-refractivity contribution in [2.75, 3.05) is 4.81 Å². The molecule has 4 bridgehead atoms. The highest BCUT2D eigenvalue weighted by atomic mass is 32.1. The number of rotatable bonds is 5. The molecule has 340 valence electrons. The van der Waals surface area contributed by atoms with E-state index in [1.165, 1.54) is 193 Å². The first kappa shape index (κ1) is 40.4. The van der Waals surface area contributed by atoms with Crippen molar-refractivity contribution in [1.82, 2.24) is 4.57 Å². The average molecular weight is 921 g/mol. The summed E-state index contributed by atoms with van der Waals surface area (Å²) in [7, 11) is 0. The number of fused-ring (bicyclic) bond motifs is 14. The Labute approximate surface area is 416 Å². The van der Waals surface area contributed by atoms with Crippen molar-refractivity contribution in [3.8, 4) is 39.1 Å². The summed E-state index contributed by atoms with van der Waals surface area (Å²) in [5.74, 6) is 1.73. The lowest BCUT2D eigenvalue weighted by Crippen LogP contribution is -2.61. The molecule has 2 aromatic heterocycles. The number of nitrogens with zero attached hydrogens (tertiary/aromatic N) is 2. The minimum Gasteiger partial charge on any atom is -0.376 e. The fraction of sp³-hybridized carbons (Fsp3) is 0.273. The third-order valence-corrected chi connectivity index (χ3v) is 20.3. The molecule has 0 amide bonds. The SMILES string of the molecule is c1ccc(-c2ccc(N3B4c5c(cc(-c6ccccc6)cc5-n5c6ccc(C78CCCC(CCC7)C8)cc6c6cc(C78CCCC(CCC7)C8)cc4c65)-c4cc5c(cc43)sc3ccccc35)cc2)cc1. The van der Waals surface area contributed by atoms with E-state index in [1.807, 2.05) is 11.3 Å². The fourth-order valence-corrected chi connectivity index (χ4v) is 17.2. The molecule has 10 aromatic rings. The molecule has 4 fully saturated rings. The van der Waals surface area contributed by atoms with Gasteiger partial charge in [-0.2, -0.15) is 0 Å². The molecule has 6 aliphatic rings. The minimum absolute atomic E-state index is 0.0223. The minimum atomic E-state index is -0.0223. The Kier molecular flexibility index (Phi) is 8.70. The molecule has 8 aromatic carbocycles. The summed E-state index contributed by atoms with van der Waals surface area (Å²) < 4.78 is 5.47. The van der Waals surface area contributed by atoms with Crippen molar-refractivity contribution in [3.05, 3.63) is 175 Å². The smallest absolute Gasteiger partial charge is 0.333 e. The predicted molar refractivity (Wildman–Crippen MR) is 299 cm³/mol. The van der Waals surface area contributed by atoms with Gasteiger partial charge in [-0.15, -0.1) is 11.3 Å². The molecule has 0 radical (unpaired) electrons. The van der Waals surface area contributed by atoms with E-state index in [-0.39, 0.29) is 12.3 Å². The van der Waals surface area contributed by atoms with Gasteiger partial charge in [-0.3, -0.25) is 0 Å². The maximum absolute atomic E-state index is 2.79. The van der Waals surface area contributed by atoms with Crippen LogP contribution in [0.25, 0.3) is 81.0 Å². The third-order valence-electron chi connectivity index (χ3n) is 19.2. The highest BCUT2D eigenvalue weighted by Crippen LogP contribution is 2.55. The second-order valence-corrected chi connectivity index (χ2v) is 23.9. The summed E-state index contributed by atoms with van der Waals surface area (Å²) in [5, 5.41) is 5.65. The van der Waals surface area contributed by atoms with Crippen molar-refractivity contribution in [1.29, 1.82) is 0 Å². The van der Waals surface area contributed by atoms with Gasteiger partial charge in [0, 0.05) is 53.6 Å². The second kappa shape index (κ2) is 15.1. The van der Waals surface area contributed by atoms with Gasteiger partial charge in [-0.1, -0.05) is 154 Å². The second-order valence-electron chi connectivity index (χ2n) is 22.8. The van der Waals surface area contributed by atoms with Gasteiger partial charge in [0.1, 0.15) is 0 Å². The molecule has 0 atom stereocenters. The largest absolute Gasteiger partial charge is 0.376 e. The number of aromatic nitrogens is 1. The first-order chi connectivity index (χ1) is 34.6. The van der Waals surface area contributed by atoms with Crippen LogP contribution in [0.2, 0.25) is 0 Å². The quantitative estimate of drug-likeness (QED) is 0.156. The topological polar surface area (TPSA) is 8.17 Å². The van der Waals surface area contributed by atoms with Gasteiger partial charge in [-0.05, 0) is 172 Å². The molecule has 4 saturated carbocycles. The summed E-state index contributed by atoms with van der Waals surface area (Å²) in [4.78, 5) is 2.79. The summed E-state index contributed by atoms with van der Waals surface area (Å²) in [6.07, 6.45) is 19.1. The molecule has 0 spiro atoms. The lowest BCUT2D eigenvalue weighted by Gasteiger charge is -2.47. The molecule has 0 N–H and O–H groups in total. The summed E-state index contributed by atoms with van der Waals surface area (Å²) in [6, 6.07) is 64.5. The third kappa shape index (κ3) is 5.80. The lowest BCUT2D eigenvalue weighted by molar-refractivity contribution is 0.149. The van der Waals surface area contributed by atoms with E-state index in [4.69, 9.17) is 0 Å². The van der Waals surface area contributed by atoms with Gasteiger partial charge in [-0.25, -0.2) is 0 Å². The van der Waals surface area contributed by atoms with E-state index in [0.29, 0.717) is 5.41 Å². The van der Waals surface area contributed by atoms with Crippen molar-refractivity contribution < 1.29 is 0 Å². The first-order valence-electron chi connectivity index (χ1n) is 26.9. The molecule has 0 saturated heterocycles. The lowest BCUT2D eigenvalue weighted by atomic mass is 9.43. The molecule has 4 heterocycles. The van der Waals surface area contributed by atoms with Crippen molar-refractivity contribution >= 4 is 82.5 Å². The van der Waals surface area contributed by atoms with Crippen molar-refractivity contribution in [2.45, 2.75) is 101 Å². The van der Waals surface area contributed by atoms with Gasteiger partial charge in [0.25, 0.3) is 0 Å². The molecule has 2 nitrogen and oxygen atoms in total. The van der Waals surface area contributed by atoms with E-state index >= 15 is 0 Å². The zero-order valence-electron chi connectivity index (χ0n) is 40.0. The van der Waals surface area contributed by atoms with Crippen LogP contribution in [0.1, 0.15) is 101 Å². The summed E-state index contributed by atoms with van der Waals surface area (Å²) >= 11 is 1.94. The van der Waals surface area contributed by atoms with Crippen LogP contribution < -0.4 is 15.7 Å². The Morgan fingerprint density at radius 1 is 0.457 bits per heavy atom. The molecule has 2 aliphatic heterocycles. The highest BCUT2D eigenvalue weighted by molar-refractivity contribution is 7.25. The standard InChI is InChI=1S/C66H57BN2S/c1-3-17-44(18-4-1)46-23-26-50(27-24-46)69-59-39-62-54(51-21-7-8-22-61(51)70-62)38-53(59)55-33-47(45-19-5-2-6-20-45)34-60-63(55)67(69)57-37-49(66-31-11-15-43(41-66)16-12-32-66)36-56-52-35-48(25-28-58(52)68(60)64(56)57)65-29-9-13-42(40-65)14-10-30-65/h1-8,17-28,33-39,42-43H,9-16,29-32,40-41H2. The Bertz CT molecular complexity index is 3750. The first-order valence-corrected chi connectivity index (χ1v) is 27.7. The van der Waals surface area contributed by atoms with E-state index in [2.05, 4.69) is 173 Å². The van der Waals surface area contributed by atoms with Crippen molar-refractivity contribution in [3.63, 3.8) is 0 Å². The number of thiophene rings is 1. The van der Waals surface area contributed by atoms with Crippen LogP contribution in [0.4, 0.5) is 11.4 Å². The Hall–Kier alpha value is -6.36. The zero-order valence-corrected chi connectivity index (χ0v) is 40.8. The summed E-state index contributed by atoms with van der Waals surface area (Å²) in [6.45, 7) is -0.0223. The van der Waals surface area contributed by atoms with E-state index in [0.717, 1.165) is 11.8 Å². The van der Waals surface area contributed by atoms with Crippen LogP contribution in [0.3, 0.4) is 0 Å². The Balaban J connectivity index is 1.03. The number of hydrogen-bond acceptors (Lipinski definition) is 2. The van der Waals surface area contributed by atoms with Gasteiger partial charge < -0.3 is 9.38 Å². The van der Waals surface area contributed by atoms with Crippen LogP contribution in [-0.4, -0.2) is 11.4 Å². The maximum Gasteiger partial charge on any atom is 0.333 e. The molecular formula is C66H57BN2S. The van der Waals surface area contributed by atoms with Crippen LogP contribution >= 0.6 is 11.3 Å². The highest BCUT2D eigenvalue weighted by Gasteiger charge is 2.48. The van der Waals surface area contributed by atoms with Crippen LogP contribution in [0, 0.1) is 11.8 Å². The number of anilines is 2. The number of hydrogen-bond donors (Lipinski definition) is 0. The van der Waals surface area contributed by atoms with Crippen molar-refractivity contribution in [2.24, 2.45) is 11.8 Å². The van der Waals surface area contributed by atoms with Crippen LogP contribution in [0.5, 0.6) is 0 Å². The molecule has 4 aliphatic carbocycles. The summed E-state index contributed by atoms with van der Waals surface area (Å²) in [5.41, 5.74) is 21.1. The Morgan fingerprint density at radius 2 is 1.09 bits per heavy atom.